The molecule has 3 aromatic rings. The largest absolute Gasteiger partial charge is 0.436 e. The van der Waals surface area contributed by atoms with E-state index in [9.17, 15) is 5.11 Å². The van der Waals surface area contributed by atoms with Crippen LogP contribution in [0.25, 0.3) is 22.6 Å². The summed E-state index contributed by atoms with van der Waals surface area (Å²) in [5.41, 5.74) is 5.52. The third kappa shape index (κ3) is 3.21. The molecule has 23 heavy (non-hydrogen) atoms. The first kappa shape index (κ1) is 15.5. The topological polar surface area (TPSA) is 78.5 Å². The van der Waals surface area contributed by atoms with Crippen LogP contribution in [0.5, 0.6) is 0 Å². The predicted molar refractivity (Wildman–Crippen MR) is 90.5 cm³/mol. The van der Waals surface area contributed by atoms with Crippen molar-refractivity contribution in [1.29, 1.82) is 0 Å². The molecule has 0 aliphatic heterocycles. The zero-order valence-corrected chi connectivity index (χ0v) is 13.2. The highest BCUT2D eigenvalue weighted by atomic mass is 16.3. The van der Waals surface area contributed by atoms with Crippen molar-refractivity contribution in [1.82, 2.24) is 4.98 Å². The van der Waals surface area contributed by atoms with Crippen molar-refractivity contribution >= 4 is 16.8 Å². The SMILES string of the molecule is Cc1ccc2oc(-c3cccc(NCC(O)CO)c3C)nc2c1. The van der Waals surface area contributed by atoms with E-state index in [1.807, 2.05) is 50.2 Å². The van der Waals surface area contributed by atoms with Crippen LogP contribution in [0.3, 0.4) is 0 Å². The zero-order chi connectivity index (χ0) is 16.4. The van der Waals surface area contributed by atoms with E-state index in [0.717, 1.165) is 33.5 Å². The number of hydrogen-bond acceptors (Lipinski definition) is 5. The smallest absolute Gasteiger partial charge is 0.227 e. The summed E-state index contributed by atoms with van der Waals surface area (Å²) < 4.78 is 5.86. The summed E-state index contributed by atoms with van der Waals surface area (Å²) in [5, 5.41) is 21.5. The van der Waals surface area contributed by atoms with Gasteiger partial charge in [0.1, 0.15) is 5.52 Å². The Morgan fingerprint density at radius 3 is 2.83 bits per heavy atom. The number of anilines is 1. The Morgan fingerprint density at radius 2 is 2.04 bits per heavy atom. The number of nitrogens with zero attached hydrogens (tertiary/aromatic N) is 1. The van der Waals surface area contributed by atoms with Crippen molar-refractivity contribution in [3.05, 3.63) is 47.5 Å². The third-order valence-corrected chi connectivity index (χ3v) is 3.85. The molecule has 0 fully saturated rings. The van der Waals surface area contributed by atoms with Gasteiger partial charge in [-0.2, -0.15) is 0 Å². The highest BCUT2D eigenvalue weighted by molar-refractivity contribution is 5.78. The first-order valence-corrected chi connectivity index (χ1v) is 7.58. The number of aliphatic hydroxyl groups excluding tert-OH is 2. The number of aromatic nitrogens is 1. The standard InChI is InChI=1S/C18H20N2O3/c1-11-6-7-17-16(8-11)20-18(23-17)14-4-3-5-15(12(14)2)19-9-13(22)10-21/h3-8,13,19,21-22H,9-10H2,1-2H3. The van der Waals surface area contributed by atoms with E-state index in [-0.39, 0.29) is 13.2 Å². The molecule has 0 saturated carbocycles. The van der Waals surface area contributed by atoms with Gasteiger partial charge in [0, 0.05) is 17.8 Å². The zero-order valence-electron chi connectivity index (χ0n) is 13.2. The number of aryl methyl sites for hydroxylation is 1. The second-order valence-corrected chi connectivity index (χ2v) is 5.69. The minimum absolute atomic E-state index is 0.268. The highest BCUT2D eigenvalue weighted by Gasteiger charge is 2.13. The molecule has 0 aliphatic carbocycles. The predicted octanol–water partition coefficient (Wildman–Crippen LogP) is 2.88. The lowest BCUT2D eigenvalue weighted by Gasteiger charge is -2.14. The van der Waals surface area contributed by atoms with Crippen LogP contribution in [0.1, 0.15) is 11.1 Å². The van der Waals surface area contributed by atoms with Crippen LogP contribution in [0.4, 0.5) is 5.69 Å². The van der Waals surface area contributed by atoms with E-state index < -0.39 is 6.10 Å². The second kappa shape index (κ2) is 6.40. The van der Waals surface area contributed by atoms with Gasteiger partial charge in [0.2, 0.25) is 5.89 Å². The van der Waals surface area contributed by atoms with Crippen LogP contribution >= 0.6 is 0 Å². The molecule has 3 N–H and O–H groups in total. The maximum Gasteiger partial charge on any atom is 0.227 e. The van der Waals surface area contributed by atoms with Gasteiger partial charge in [-0.3, -0.25) is 0 Å². The number of fused-ring (bicyclic) bond motifs is 1. The van der Waals surface area contributed by atoms with Gasteiger partial charge in [0.15, 0.2) is 5.58 Å². The van der Waals surface area contributed by atoms with Crippen molar-refractivity contribution in [2.45, 2.75) is 20.0 Å². The van der Waals surface area contributed by atoms with Gasteiger partial charge in [-0.05, 0) is 49.2 Å². The molecular formula is C18H20N2O3. The highest BCUT2D eigenvalue weighted by Crippen LogP contribution is 2.30. The molecule has 5 heteroatoms. The summed E-state index contributed by atoms with van der Waals surface area (Å²) in [6.45, 7) is 4.02. The fraction of sp³-hybridized carbons (Fsp3) is 0.278. The van der Waals surface area contributed by atoms with Crippen LogP contribution in [-0.2, 0) is 0 Å². The van der Waals surface area contributed by atoms with Crippen LogP contribution in [0.2, 0.25) is 0 Å². The van der Waals surface area contributed by atoms with E-state index in [1.165, 1.54) is 0 Å². The lowest BCUT2D eigenvalue weighted by Crippen LogP contribution is -2.23. The van der Waals surface area contributed by atoms with Crippen LogP contribution < -0.4 is 5.32 Å². The first-order chi connectivity index (χ1) is 11.1. The van der Waals surface area contributed by atoms with Crippen LogP contribution in [-0.4, -0.2) is 34.5 Å². The molecule has 120 valence electrons. The average Bonchev–Trinajstić information content (AvgIpc) is 2.96. The summed E-state index contributed by atoms with van der Waals surface area (Å²) in [4.78, 5) is 4.57. The van der Waals surface area contributed by atoms with Gasteiger partial charge in [-0.15, -0.1) is 0 Å². The molecule has 3 rings (SSSR count). The van der Waals surface area contributed by atoms with Crippen molar-refractivity contribution in [3.8, 4) is 11.5 Å². The molecule has 5 nitrogen and oxygen atoms in total. The van der Waals surface area contributed by atoms with Gasteiger partial charge in [-0.25, -0.2) is 4.98 Å². The molecule has 1 aromatic heterocycles. The number of oxazole rings is 1. The monoisotopic (exact) mass is 312 g/mol. The quantitative estimate of drug-likeness (QED) is 0.675. The molecule has 0 bridgehead atoms. The maximum absolute atomic E-state index is 9.47. The fourth-order valence-electron chi connectivity index (χ4n) is 2.50. The third-order valence-electron chi connectivity index (χ3n) is 3.85. The van der Waals surface area contributed by atoms with Gasteiger partial charge < -0.3 is 19.9 Å². The number of aliphatic hydroxyl groups is 2. The van der Waals surface area contributed by atoms with Gasteiger partial charge in [-0.1, -0.05) is 12.1 Å². The number of nitrogens with one attached hydrogen (secondary N) is 1. The molecule has 0 aliphatic rings. The van der Waals surface area contributed by atoms with Crippen molar-refractivity contribution in [2.75, 3.05) is 18.5 Å². The first-order valence-electron chi connectivity index (χ1n) is 7.58. The van der Waals surface area contributed by atoms with E-state index in [1.54, 1.807) is 0 Å². The van der Waals surface area contributed by atoms with Crippen LogP contribution in [0.15, 0.2) is 40.8 Å². The lowest BCUT2D eigenvalue weighted by atomic mass is 10.1. The van der Waals surface area contributed by atoms with Gasteiger partial charge >= 0.3 is 0 Å². The van der Waals surface area contributed by atoms with Gasteiger partial charge in [0.05, 0.1) is 12.7 Å². The van der Waals surface area contributed by atoms with E-state index in [0.29, 0.717) is 5.89 Å². The minimum Gasteiger partial charge on any atom is -0.436 e. The number of benzene rings is 2. The number of rotatable bonds is 5. The molecule has 0 radical (unpaired) electrons. The summed E-state index contributed by atoms with van der Waals surface area (Å²) in [6.07, 6.45) is -0.787. The fourth-order valence-corrected chi connectivity index (χ4v) is 2.50. The van der Waals surface area contributed by atoms with E-state index >= 15 is 0 Å². The number of hydrogen-bond donors (Lipinski definition) is 3. The molecular weight excluding hydrogens is 292 g/mol. The maximum atomic E-state index is 9.47. The van der Waals surface area contributed by atoms with Crippen LogP contribution in [0, 0.1) is 13.8 Å². The van der Waals surface area contributed by atoms with Crippen molar-refractivity contribution in [2.24, 2.45) is 0 Å². The van der Waals surface area contributed by atoms with Crippen molar-refractivity contribution in [3.63, 3.8) is 0 Å². The Labute approximate surface area is 134 Å². The lowest BCUT2D eigenvalue weighted by molar-refractivity contribution is 0.105. The molecule has 0 amide bonds. The molecule has 0 spiro atoms. The molecule has 1 atom stereocenters. The summed E-state index contributed by atoms with van der Waals surface area (Å²) >= 11 is 0. The average molecular weight is 312 g/mol. The minimum atomic E-state index is -0.787. The summed E-state index contributed by atoms with van der Waals surface area (Å²) in [7, 11) is 0. The Hall–Kier alpha value is -2.37. The van der Waals surface area contributed by atoms with Gasteiger partial charge in [0.25, 0.3) is 0 Å². The summed E-state index contributed by atoms with van der Waals surface area (Å²) in [6, 6.07) is 11.7. The summed E-state index contributed by atoms with van der Waals surface area (Å²) in [5.74, 6) is 0.578. The Bertz CT molecular complexity index is 826. The molecule has 1 heterocycles. The van der Waals surface area contributed by atoms with Crippen molar-refractivity contribution < 1.29 is 14.6 Å². The molecule has 0 saturated heterocycles. The van der Waals surface area contributed by atoms with E-state index in [4.69, 9.17) is 9.52 Å². The molecule has 1 unspecified atom stereocenters. The Balaban J connectivity index is 1.95. The molecule has 2 aromatic carbocycles. The normalized spacial score (nSPS) is 12.5. The second-order valence-electron chi connectivity index (χ2n) is 5.69. The Kier molecular flexibility index (Phi) is 4.32. The van der Waals surface area contributed by atoms with E-state index in [2.05, 4.69) is 10.3 Å². The Morgan fingerprint density at radius 1 is 1.22 bits per heavy atom.